The molecule has 0 saturated heterocycles. The minimum Gasteiger partial charge on any atom is -0.469 e. The lowest BCUT2D eigenvalue weighted by Gasteiger charge is -2.06. The van der Waals surface area contributed by atoms with Crippen LogP contribution in [0.15, 0.2) is 23.3 Å². The molecule has 0 saturated carbocycles. The maximum absolute atomic E-state index is 11.8. The van der Waals surface area contributed by atoms with Crippen molar-refractivity contribution in [2.45, 2.75) is 6.42 Å². The van der Waals surface area contributed by atoms with Gasteiger partial charge >= 0.3 is 11.9 Å². The highest BCUT2D eigenvalue weighted by Crippen LogP contribution is 2.24. The summed E-state index contributed by atoms with van der Waals surface area (Å²) in [5, 5.41) is 4.26. The van der Waals surface area contributed by atoms with Crippen molar-refractivity contribution in [2.24, 2.45) is 5.10 Å². The molecule has 0 atom stereocenters. The Balaban J connectivity index is 2.95. The highest BCUT2D eigenvalue weighted by atomic mass is 35.5. The van der Waals surface area contributed by atoms with Crippen molar-refractivity contribution < 1.29 is 23.9 Å². The zero-order chi connectivity index (χ0) is 16.7. The molecule has 0 aliphatic carbocycles. The number of benzene rings is 1. The van der Waals surface area contributed by atoms with E-state index < -0.39 is 29.9 Å². The fourth-order valence-electron chi connectivity index (χ4n) is 1.29. The minimum atomic E-state index is -0.985. The molecule has 0 heterocycles. The first kappa shape index (κ1) is 17.9. The third kappa shape index (κ3) is 5.01. The van der Waals surface area contributed by atoms with Gasteiger partial charge in [0, 0.05) is 0 Å². The summed E-state index contributed by atoms with van der Waals surface area (Å²) < 4.78 is 8.81. The Kier molecular flexibility index (Phi) is 6.81. The molecule has 0 aliphatic rings. The van der Waals surface area contributed by atoms with Gasteiger partial charge in [-0.1, -0.05) is 23.2 Å². The number of hydrazone groups is 1. The molecule has 118 valence electrons. The molecular formula is C13H12Cl2N2O5. The number of ketones is 1. The molecule has 0 spiro atoms. The second-order valence-corrected chi connectivity index (χ2v) is 4.68. The van der Waals surface area contributed by atoms with Crippen molar-refractivity contribution in [2.75, 3.05) is 19.6 Å². The van der Waals surface area contributed by atoms with E-state index in [4.69, 9.17) is 23.2 Å². The summed E-state index contributed by atoms with van der Waals surface area (Å²) in [7, 11) is 2.21. The topological polar surface area (TPSA) is 94.1 Å². The van der Waals surface area contributed by atoms with E-state index in [2.05, 4.69) is 20.0 Å². The second kappa shape index (κ2) is 8.35. The van der Waals surface area contributed by atoms with Gasteiger partial charge < -0.3 is 9.47 Å². The van der Waals surface area contributed by atoms with Crippen molar-refractivity contribution >= 4 is 52.3 Å². The average Bonchev–Trinajstić information content (AvgIpc) is 2.50. The van der Waals surface area contributed by atoms with Crippen LogP contribution in [0, 0.1) is 0 Å². The summed E-state index contributed by atoms with van der Waals surface area (Å²) in [5.74, 6) is -2.62. The summed E-state index contributed by atoms with van der Waals surface area (Å²) in [6.07, 6.45) is -0.631. The van der Waals surface area contributed by atoms with Crippen LogP contribution in [0.4, 0.5) is 5.69 Å². The van der Waals surface area contributed by atoms with Gasteiger partial charge in [0.25, 0.3) is 0 Å². The molecule has 0 radical (unpaired) electrons. The summed E-state index contributed by atoms with van der Waals surface area (Å²) in [5.41, 5.74) is 2.29. The summed E-state index contributed by atoms with van der Waals surface area (Å²) in [6, 6.07) is 4.50. The van der Waals surface area contributed by atoms with E-state index in [9.17, 15) is 14.4 Å². The van der Waals surface area contributed by atoms with Crippen molar-refractivity contribution in [3.05, 3.63) is 28.2 Å². The number of Topliss-reactive ketones (excluding diaryl/α,β-unsaturated/α-hetero) is 1. The van der Waals surface area contributed by atoms with Crippen LogP contribution in [0.5, 0.6) is 0 Å². The minimum absolute atomic E-state index is 0.266. The van der Waals surface area contributed by atoms with Gasteiger partial charge in [0.05, 0.1) is 30.0 Å². The van der Waals surface area contributed by atoms with E-state index in [0.717, 1.165) is 14.2 Å². The van der Waals surface area contributed by atoms with E-state index in [1.165, 1.54) is 18.2 Å². The number of carbonyl (C=O) groups is 3. The van der Waals surface area contributed by atoms with Crippen LogP contribution in [0.2, 0.25) is 10.0 Å². The highest BCUT2D eigenvalue weighted by molar-refractivity contribution is 6.65. The Morgan fingerprint density at radius 1 is 1.14 bits per heavy atom. The molecule has 1 rings (SSSR count). The zero-order valence-corrected chi connectivity index (χ0v) is 13.2. The predicted molar refractivity (Wildman–Crippen MR) is 81.2 cm³/mol. The molecule has 1 aromatic rings. The maximum Gasteiger partial charge on any atom is 0.362 e. The molecule has 0 fully saturated rings. The fourth-order valence-corrected chi connectivity index (χ4v) is 1.59. The number of rotatable bonds is 6. The largest absolute Gasteiger partial charge is 0.469 e. The smallest absolute Gasteiger partial charge is 0.362 e. The molecule has 7 nitrogen and oxygen atoms in total. The summed E-state index contributed by atoms with van der Waals surface area (Å²) >= 11 is 11.6. The number of anilines is 1. The summed E-state index contributed by atoms with van der Waals surface area (Å²) in [4.78, 5) is 34.5. The number of nitrogens with one attached hydrogen (secondary N) is 1. The predicted octanol–water partition coefficient (Wildman–Crippen LogP) is 2.07. The molecule has 0 amide bonds. The molecule has 0 unspecified atom stereocenters. The van der Waals surface area contributed by atoms with Crippen molar-refractivity contribution in [3.63, 3.8) is 0 Å². The Morgan fingerprint density at radius 3 is 2.36 bits per heavy atom. The quantitative estimate of drug-likeness (QED) is 0.366. The number of methoxy groups -OCH3 is 2. The number of hydrogen-bond acceptors (Lipinski definition) is 7. The van der Waals surface area contributed by atoms with Gasteiger partial charge in [0.1, 0.15) is 6.42 Å². The van der Waals surface area contributed by atoms with Gasteiger partial charge in [0.2, 0.25) is 11.5 Å². The van der Waals surface area contributed by atoms with E-state index in [-0.39, 0.29) is 5.02 Å². The van der Waals surface area contributed by atoms with Gasteiger partial charge in [-0.15, -0.1) is 0 Å². The molecule has 9 heteroatoms. The van der Waals surface area contributed by atoms with Gasteiger partial charge in [-0.25, -0.2) is 4.79 Å². The molecule has 0 aromatic heterocycles. The van der Waals surface area contributed by atoms with E-state index in [0.29, 0.717) is 10.7 Å². The van der Waals surface area contributed by atoms with Crippen LogP contribution >= 0.6 is 23.2 Å². The number of esters is 2. The summed E-state index contributed by atoms with van der Waals surface area (Å²) in [6.45, 7) is 0. The maximum atomic E-state index is 11.8. The Labute approximate surface area is 136 Å². The Hall–Kier alpha value is -2.12. The second-order valence-electron chi connectivity index (χ2n) is 3.87. The lowest BCUT2D eigenvalue weighted by molar-refractivity contribution is -0.142. The molecule has 1 N–H and O–H groups in total. The first-order valence-electron chi connectivity index (χ1n) is 5.86. The van der Waals surface area contributed by atoms with Crippen LogP contribution in [0.1, 0.15) is 6.42 Å². The lowest BCUT2D eigenvalue weighted by Crippen LogP contribution is -2.28. The Morgan fingerprint density at radius 2 is 1.82 bits per heavy atom. The monoisotopic (exact) mass is 346 g/mol. The molecule has 1 aromatic carbocycles. The number of nitrogens with zero attached hydrogens (tertiary/aromatic N) is 1. The SMILES string of the molecule is COC(=O)CC(=O)/C(=N\Nc1ccc(Cl)c(Cl)c1)C(=O)OC. The van der Waals surface area contributed by atoms with Gasteiger partial charge in [0.15, 0.2) is 0 Å². The van der Waals surface area contributed by atoms with Gasteiger partial charge in [-0.3, -0.25) is 15.0 Å². The number of hydrogen-bond donors (Lipinski definition) is 1. The number of halogens is 2. The number of ether oxygens (including phenoxy) is 2. The third-order valence-corrected chi connectivity index (χ3v) is 3.13. The average molecular weight is 347 g/mol. The van der Waals surface area contributed by atoms with Gasteiger partial charge in [-0.05, 0) is 18.2 Å². The zero-order valence-electron chi connectivity index (χ0n) is 11.7. The van der Waals surface area contributed by atoms with Crippen molar-refractivity contribution in [3.8, 4) is 0 Å². The van der Waals surface area contributed by atoms with Crippen LogP contribution in [0.25, 0.3) is 0 Å². The first-order valence-corrected chi connectivity index (χ1v) is 6.61. The van der Waals surface area contributed by atoms with Crippen molar-refractivity contribution in [1.29, 1.82) is 0 Å². The molecular weight excluding hydrogens is 335 g/mol. The highest BCUT2D eigenvalue weighted by Gasteiger charge is 2.24. The Bertz CT molecular complexity index is 631. The molecule has 0 aliphatic heterocycles. The van der Waals surface area contributed by atoms with Crippen LogP contribution in [0.3, 0.4) is 0 Å². The lowest BCUT2D eigenvalue weighted by atomic mass is 10.2. The standard InChI is InChI=1S/C13H12Cl2N2O5/c1-21-11(19)6-10(18)12(13(20)22-2)17-16-7-3-4-8(14)9(15)5-7/h3-5,16H,6H2,1-2H3/b17-12+. The van der Waals surface area contributed by atoms with Crippen LogP contribution in [-0.2, 0) is 23.9 Å². The van der Waals surface area contributed by atoms with E-state index in [1.807, 2.05) is 0 Å². The van der Waals surface area contributed by atoms with E-state index in [1.54, 1.807) is 0 Å². The van der Waals surface area contributed by atoms with E-state index >= 15 is 0 Å². The number of carbonyl (C=O) groups excluding carboxylic acids is 3. The van der Waals surface area contributed by atoms with Gasteiger partial charge in [-0.2, -0.15) is 5.10 Å². The first-order chi connectivity index (χ1) is 10.4. The van der Waals surface area contributed by atoms with Crippen LogP contribution < -0.4 is 5.43 Å². The molecule has 22 heavy (non-hydrogen) atoms. The normalized spacial score (nSPS) is 10.8. The van der Waals surface area contributed by atoms with Crippen molar-refractivity contribution in [1.82, 2.24) is 0 Å². The third-order valence-electron chi connectivity index (χ3n) is 2.39. The van der Waals surface area contributed by atoms with Crippen LogP contribution in [-0.4, -0.2) is 37.7 Å². The fraction of sp³-hybridized carbons (Fsp3) is 0.231. The molecule has 0 bridgehead atoms.